The highest BCUT2D eigenvalue weighted by molar-refractivity contribution is 5.95. The zero-order valence-corrected chi connectivity index (χ0v) is 23.5. The van der Waals surface area contributed by atoms with Crippen LogP contribution in [0.1, 0.15) is 31.4 Å². The van der Waals surface area contributed by atoms with Crippen LogP contribution in [0, 0.1) is 0 Å². The van der Waals surface area contributed by atoms with Gasteiger partial charge in [0.1, 0.15) is 0 Å². The lowest BCUT2D eigenvalue weighted by molar-refractivity contribution is -0.144. The van der Waals surface area contributed by atoms with E-state index in [4.69, 9.17) is 4.74 Å². The van der Waals surface area contributed by atoms with Gasteiger partial charge in [-0.15, -0.1) is 0 Å². The zero-order chi connectivity index (χ0) is 27.9. The molecule has 0 N–H and O–H groups in total. The molecule has 0 spiro atoms. The SMILES string of the molecule is CCOC(=O)CC(C)(c1cn(C)c2ccc(-c3ccccc3)cc12)c1cn(C)c2ccc(-c3ccccc3)cc12. The van der Waals surface area contributed by atoms with Crippen LogP contribution in [0.2, 0.25) is 0 Å². The number of nitrogens with zero attached hydrogens (tertiary/aromatic N) is 2. The maximum Gasteiger partial charge on any atom is 0.307 e. The van der Waals surface area contributed by atoms with Gasteiger partial charge in [0.25, 0.3) is 0 Å². The number of hydrogen-bond acceptors (Lipinski definition) is 2. The van der Waals surface area contributed by atoms with Crippen molar-refractivity contribution in [2.45, 2.75) is 25.7 Å². The molecule has 4 nitrogen and oxygen atoms in total. The predicted molar refractivity (Wildman–Crippen MR) is 164 cm³/mol. The highest BCUT2D eigenvalue weighted by Crippen LogP contribution is 2.45. The van der Waals surface area contributed by atoms with Gasteiger partial charge in [0.2, 0.25) is 0 Å². The van der Waals surface area contributed by atoms with Gasteiger partial charge in [-0.2, -0.15) is 0 Å². The molecule has 2 heterocycles. The Balaban J connectivity index is 1.61. The molecule has 0 bridgehead atoms. The summed E-state index contributed by atoms with van der Waals surface area (Å²) in [6.07, 6.45) is 4.63. The lowest BCUT2D eigenvalue weighted by Crippen LogP contribution is -2.28. The fourth-order valence-electron chi connectivity index (χ4n) is 6.12. The molecule has 0 atom stereocenters. The molecule has 0 aliphatic rings. The minimum atomic E-state index is -0.629. The van der Waals surface area contributed by atoms with Crippen LogP contribution in [-0.4, -0.2) is 21.7 Å². The molecule has 200 valence electrons. The van der Waals surface area contributed by atoms with E-state index < -0.39 is 5.41 Å². The van der Waals surface area contributed by atoms with Crippen LogP contribution >= 0.6 is 0 Å². The number of esters is 1. The summed E-state index contributed by atoms with van der Waals surface area (Å²) in [5, 5.41) is 2.29. The molecule has 0 aliphatic carbocycles. The molecule has 2 aromatic heterocycles. The molecule has 0 radical (unpaired) electrons. The van der Waals surface area contributed by atoms with Crippen LogP contribution in [0.3, 0.4) is 0 Å². The molecule has 0 fully saturated rings. The predicted octanol–water partition coefficient (Wildman–Crippen LogP) is 8.26. The Kier molecular flexibility index (Phi) is 6.55. The Morgan fingerprint density at radius 2 is 1.12 bits per heavy atom. The number of fused-ring (bicyclic) bond motifs is 2. The fraction of sp³-hybridized carbons (Fsp3) is 0.194. The standard InChI is InChI=1S/C36H34N2O2/c1-5-40-35(39)22-36(2,31-23-37(3)33-18-16-27(20-29(31)33)25-12-8-6-9-13-25)32-24-38(4)34-19-17-28(21-30(32)34)26-14-10-7-11-15-26/h6-21,23-24H,5,22H2,1-4H3. The molecule has 0 saturated carbocycles. The van der Waals surface area contributed by atoms with E-state index in [0.29, 0.717) is 6.61 Å². The quantitative estimate of drug-likeness (QED) is 0.196. The average molecular weight is 527 g/mol. The van der Waals surface area contributed by atoms with E-state index in [-0.39, 0.29) is 12.4 Å². The maximum absolute atomic E-state index is 13.2. The summed E-state index contributed by atoms with van der Waals surface area (Å²) >= 11 is 0. The van der Waals surface area contributed by atoms with Crippen LogP contribution in [0.25, 0.3) is 44.1 Å². The topological polar surface area (TPSA) is 36.2 Å². The molecule has 6 rings (SSSR count). The molecule has 0 amide bonds. The number of carbonyl (C=O) groups excluding carboxylic acids is 1. The summed E-state index contributed by atoms with van der Waals surface area (Å²) in [7, 11) is 4.16. The van der Waals surface area contributed by atoms with Gasteiger partial charge in [-0.25, -0.2) is 0 Å². The van der Waals surface area contributed by atoms with Crippen LogP contribution in [0.4, 0.5) is 0 Å². The minimum Gasteiger partial charge on any atom is -0.466 e. The number of aryl methyl sites for hydroxylation is 2. The first-order chi connectivity index (χ1) is 19.4. The first kappa shape index (κ1) is 25.7. The van der Waals surface area contributed by atoms with Crippen molar-refractivity contribution in [3.8, 4) is 22.3 Å². The summed E-state index contributed by atoms with van der Waals surface area (Å²) in [5.41, 5.74) is 8.53. The normalized spacial score (nSPS) is 11.8. The number of carbonyl (C=O) groups is 1. The summed E-state index contributed by atoms with van der Waals surface area (Å²) in [4.78, 5) is 13.2. The molecule has 0 unspecified atom stereocenters. The third kappa shape index (κ3) is 4.40. The molecule has 40 heavy (non-hydrogen) atoms. The highest BCUT2D eigenvalue weighted by atomic mass is 16.5. The third-order valence-electron chi connectivity index (χ3n) is 8.19. The lowest BCUT2D eigenvalue weighted by Gasteiger charge is -2.29. The van der Waals surface area contributed by atoms with Gasteiger partial charge in [-0.1, -0.05) is 79.7 Å². The average Bonchev–Trinajstić information content (AvgIpc) is 3.50. The Morgan fingerprint density at radius 1 is 0.675 bits per heavy atom. The van der Waals surface area contributed by atoms with Crippen LogP contribution in [0.15, 0.2) is 109 Å². The van der Waals surface area contributed by atoms with Crippen molar-refractivity contribution in [1.82, 2.24) is 9.13 Å². The van der Waals surface area contributed by atoms with Crippen LogP contribution in [-0.2, 0) is 29.0 Å². The number of aromatic nitrogens is 2. The number of ether oxygens (including phenoxy) is 1. The van der Waals surface area contributed by atoms with Gasteiger partial charge < -0.3 is 13.9 Å². The number of hydrogen-bond donors (Lipinski definition) is 0. The molecular formula is C36H34N2O2. The maximum atomic E-state index is 13.2. The Hall–Kier alpha value is -4.57. The van der Waals surface area contributed by atoms with E-state index in [1.165, 1.54) is 11.1 Å². The molecule has 4 aromatic carbocycles. The van der Waals surface area contributed by atoms with Gasteiger partial charge in [0.05, 0.1) is 13.0 Å². The number of benzene rings is 4. The second-order valence-corrected chi connectivity index (χ2v) is 10.8. The van der Waals surface area contributed by atoms with Gasteiger partial charge in [0, 0.05) is 53.7 Å². The molecule has 4 heteroatoms. The smallest absolute Gasteiger partial charge is 0.307 e. The molecule has 0 aliphatic heterocycles. The van der Waals surface area contributed by atoms with Crippen molar-refractivity contribution >= 4 is 27.8 Å². The molecule has 0 saturated heterocycles. The summed E-state index contributed by atoms with van der Waals surface area (Å²) < 4.78 is 9.89. The van der Waals surface area contributed by atoms with Crippen LogP contribution < -0.4 is 0 Å². The molecule has 6 aromatic rings. The van der Waals surface area contributed by atoms with Crippen LogP contribution in [0.5, 0.6) is 0 Å². The Morgan fingerprint density at radius 3 is 1.55 bits per heavy atom. The summed E-state index contributed by atoms with van der Waals surface area (Å²) in [5.74, 6) is -0.197. The van der Waals surface area contributed by atoms with Gasteiger partial charge in [-0.05, 0) is 64.6 Å². The van der Waals surface area contributed by atoms with Crippen molar-refractivity contribution < 1.29 is 9.53 Å². The zero-order valence-electron chi connectivity index (χ0n) is 23.5. The number of rotatable bonds is 7. The van der Waals surface area contributed by atoms with Crippen molar-refractivity contribution in [2.24, 2.45) is 14.1 Å². The fourth-order valence-corrected chi connectivity index (χ4v) is 6.12. The second kappa shape index (κ2) is 10.2. The molecular weight excluding hydrogens is 492 g/mol. The van der Waals surface area contributed by atoms with E-state index in [1.54, 1.807) is 0 Å². The first-order valence-corrected chi connectivity index (χ1v) is 13.8. The van der Waals surface area contributed by atoms with E-state index >= 15 is 0 Å². The van der Waals surface area contributed by atoms with Gasteiger partial charge in [-0.3, -0.25) is 4.79 Å². The summed E-state index contributed by atoms with van der Waals surface area (Å²) in [6, 6.07) is 34.1. The minimum absolute atomic E-state index is 0.197. The lowest BCUT2D eigenvalue weighted by atomic mass is 9.73. The largest absolute Gasteiger partial charge is 0.466 e. The van der Waals surface area contributed by atoms with Crippen molar-refractivity contribution in [1.29, 1.82) is 0 Å². The van der Waals surface area contributed by atoms with Gasteiger partial charge in [0.15, 0.2) is 0 Å². The highest BCUT2D eigenvalue weighted by Gasteiger charge is 2.37. The first-order valence-electron chi connectivity index (χ1n) is 13.8. The monoisotopic (exact) mass is 526 g/mol. The van der Waals surface area contributed by atoms with E-state index in [9.17, 15) is 4.79 Å². The van der Waals surface area contributed by atoms with E-state index in [1.807, 2.05) is 19.1 Å². The Bertz CT molecular complexity index is 1700. The summed E-state index contributed by atoms with van der Waals surface area (Å²) in [6.45, 7) is 4.41. The van der Waals surface area contributed by atoms with Gasteiger partial charge >= 0.3 is 5.97 Å². The van der Waals surface area contributed by atoms with Crippen molar-refractivity contribution in [3.05, 3.63) is 121 Å². The van der Waals surface area contributed by atoms with Crippen molar-refractivity contribution in [3.63, 3.8) is 0 Å². The second-order valence-electron chi connectivity index (χ2n) is 10.8. The Labute approximate surface area is 235 Å². The van der Waals surface area contributed by atoms with E-state index in [0.717, 1.165) is 44.1 Å². The van der Waals surface area contributed by atoms with E-state index in [2.05, 4.69) is 127 Å². The third-order valence-corrected chi connectivity index (χ3v) is 8.19. The van der Waals surface area contributed by atoms with Crippen molar-refractivity contribution in [2.75, 3.05) is 6.61 Å².